The van der Waals surface area contributed by atoms with Crippen molar-refractivity contribution in [1.82, 2.24) is 5.32 Å². The average molecular weight is 259 g/mol. The van der Waals surface area contributed by atoms with E-state index < -0.39 is 11.8 Å². The minimum atomic E-state index is -3.25. The molecule has 18 heavy (non-hydrogen) atoms. The molecule has 2 aliphatic rings. The Labute approximate surface area is 108 Å². The fraction of sp³-hybridized carbons (Fsp3) is 0.929. The summed E-state index contributed by atoms with van der Waals surface area (Å²) in [5.41, 5.74) is 0. The molecular formula is C14H23F2NO. The van der Waals surface area contributed by atoms with Crippen molar-refractivity contribution in [2.45, 2.75) is 57.8 Å². The van der Waals surface area contributed by atoms with Crippen molar-refractivity contribution >= 4 is 5.91 Å². The van der Waals surface area contributed by atoms with Crippen LogP contribution in [-0.4, -0.2) is 18.4 Å². The van der Waals surface area contributed by atoms with E-state index in [0.29, 0.717) is 19.4 Å². The van der Waals surface area contributed by atoms with Gasteiger partial charge in [0.2, 0.25) is 0 Å². The molecule has 3 unspecified atom stereocenters. The van der Waals surface area contributed by atoms with Crippen LogP contribution in [0.25, 0.3) is 0 Å². The lowest BCUT2D eigenvalue weighted by molar-refractivity contribution is -0.143. The van der Waals surface area contributed by atoms with E-state index in [1.807, 2.05) is 0 Å². The Kier molecular flexibility index (Phi) is 4.23. The Bertz CT molecular complexity index is 301. The van der Waals surface area contributed by atoms with E-state index in [0.717, 1.165) is 24.7 Å². The van der Waals surface area contributed by atoms with E-state index in [1.54, 1.807) is 0 Å². The smallest absolute Gasteiger partial charge is 0.321 e. The highest BCUT2D eigenvalue weighted by Crippen LogP contribution is 2.42. The summed E-state index contributed by atoms with van der Waals surface area (Å²) in [6.45, 7) is 1.08. The predicted molar refractivity (Wildman–Crippen MR) is 66.4 cm³/mol. The third-order valence-corrected chi connectivity index (χ3v) is 4.60. The van der Waals surface area contributed by atoms with Gasteiger partial charge in [-0.2, -0.15) is 8.78 Å². The van der Waals surface area contributed by atoms with Gasteiger partial charge in [-0.1, -0.05) is 25.7 Å². The highest BCUT2D eigenvalue weighted by atomic mass is 19.3. The van der Waals surface area contributed by atoms with Gasteiger partial charge in [-0.25, -0.2) is 0 Å². The number of hydrogen-bond donors (Lipinski definition) is 1. The van der Waals surface area contributed by atoms with Gasteiger partial charge >= 0.3 is 5.92 Å². The van der Waals surface area contributed by atoms with Crippen molar-refractivity contribution in [3.8, 4) is 0 Å². The fourth-order valence-corrected chi connectivity index (χ4v) is 3.55. The summed E-state index contributed by atoms with van der Waals surface area (Å²) in [6, 6.07) is 0. The summed E-state index contributed by atoms with van der Waals surface area (Å²) in [6.07, 6.45) is 8.71. The van der Waals surface area contributed by atoms with Crippen molar-refractivity contribution in [3.05, 3.63) is 0 Å². The minimum Gasteiger partial charge on any atom is -0.351 e. The maximum Gasteiger partial charge on any atom is 0.321 e. The molecule has 2 saturated carbocycles. The molecule has 2 rings (SSSR count). The van der Waals surface area contributed by atoms with Crippen molar-refractivity contribution < 1.29 is 13.6 Å². The molecule has 0 spiro atoms. The highest BCUT2D eigenvalue weighted by Gasteiger charge is 2.35. The van der Waals surface area contributed by atoms with Crippen LogP contribution < -0.4 is 5.32 Å². The van der Waals surface area contributed by atoms with E-state index in [2.05, 4.69) is 5.32 Å². The molecule has 0 aromatic rings. The Morgan fingerprint density at radius 3 is 2.50 bits per heavy atom. The summed E-state index contributed by atoms with van der Waals surface area (Å²) in [4.78, 5) is 11.1. The topological polar surface area (TPSA) is 29.1 Å². The summed E-state index contributed by atoms with van der Waals surface area (Å²) in [5, 5.41) is 2.40. The second kappa shape index (κ2) is 5.54. The molecule has 4 heteroatoms. The predicted octanol–water partition coefficient (Wildman–Crippen LogP) is 3.36. The first-order valence-electron chi connectivity index (χ1n) is 7.13. The Morgan fingerprint density at radius 2 is 1.83 bits per heavy atom. The van der Waals surface area contributed by atoms with E-state index in [4.69, 9.17) is 0 Å². The number of carbonyl (C=O) groups excluding carboxylic acids is 1. The maximum absolute atomic E-state index is 12.7. The fourth-order valence-electron chi connectivity index (χ4n) is 3.55. The van der Waals surface area contributed by atoms with Crippen LogP contribution in [0.1, 0.15) is 51.9 Å². The number of alkyl halides is 2. The summed E-state index contributed by atoms with van der Waals surface area (Å²) in [7, 11) is 0. The van der Waals surface area contributed by atoms with Gasteiger partial charge < -0.3 is 5.32 Å². The van der Waals surface area contributed by atoms with Gasteiger partial charge in [-0.15, -0.1) is 0 Å². The zero-order valence-electron chi connectivity index (χ0n) is 11.1. The van der Waals surface area contributed by atoms with Gasteiger partial charge in [0.25, 0.3) is 5.91 Å². The average Bonchev–Trinajstić information content (AvgIpc) is 2.34. The molecule has 0 saturated heterocycles. The van der Waals surface area contributed by atoms with Gasteiger partial charge in [0, 0.05) is 13.5 Å². The first-order chi connectivity index (χ1) is 8.47. The van der Waals surface area contributed by atoms with Gasteiger partial charge in [0.1, 0.15) is 0 Å². The van der Waals surface area contributed by atoms with Gasteiger partial charge in [-0.05, 0) is 37.0 Å². The normalized spacial score (nSPS) is 32.7. The number of rotatable bonds is 3. The monoisotopic (exact) mass is 259 g/mol. The minimum absolute atomic E-state index is 0.399. The highest BCUT2D eigenvalue weighted by molar-refractivity contribution is 5.82. The molecule has 2 fully saturated rings. The summed E-state index contributed by atoms with van der Waals surface area (Å²) in [5.74, 6) is -2.35. The van der Waals surface area contributed by atoms with E-state index in [9.17, 15) is 13.6 Å². The molecule has 0 radical (unpaired) electrons. The van der Waals surface area contributed by atoms with Crippen LogP contribution in [0, 0.1) is 17.8 Å². The number of carbonyl (C=O) groups is 1. The molecule has 1 amide bonds. The van der Waals surface area contributed by atoms with E-state index in [1.165, 1.54) is 32.1 Å². The Morgan fingerprint density at radius 1 is 1.17 bits per heavy atom. The maximum atomic E-state index is 12.7. The molecule has 104 valence electrons. The molecule has 3 atom stereocenters. The second-order valence-corrected chi connectivity index (χ2v) is 6.08. The largest absolute Gasteiger partial charge is 0.351 e. The van der Waals surface area contributed by atoms with Crippen LogP contribution in [0.15, 0.2) is 0 Å². The lowest BCUT2D eigenvalue weighted by atomic mass is 9.67. The molecule has 0 aromatic heterocycles. The quantitative estimate of drug-likeness (QED) is 0.827. The van der Waals surface area contributed by atoms with Crippen molar-refractivity contribution in [3.63, 3.8) is 0 Å². The molecule has 0 aliphatic heterocycles. The third-order valence-electron chi connectivity index (χ3n) is 4.60. The first kappa shape index (κ1) is 13.8. The van der Waals surface area contributed by atoms with Gasteiger partial charge in [0.15, 0.2) is 0 Å². The molecule has 1 N–H and O–H groups in total. The van der Waals surface area contributed by atoms with Crippen LogP contribution in [0.4, 0.5) is 8.78 Å². The number of halogens is 2. The van der Waals surface area contributed by atoms with Crippen molar-refractivity contribution in [2.24, 2.45) is 17.8 Å². The summed E-state index contributed by atoms with van der Waals surface area (Å²) < 4.78 is 25.5. The number of fused-ring (bicyclic) bond motifs is 1. The number of hydrogen-bond acceptors (Lipinski definition) is 1. The molecule has 2 nitrogen and oxygen atoms in total. The SMILES string of the molecule is CC(F)(F)C(=O)NCC1CCC2CCCCC2C1. The zero-order chi connectivity index (χ0) is 13.2. The van der Waals surface area contributed by atoms with Crippen LogP contribution in [0.5, 0.6) is 0 Å². The Balaban J connectivity index is 1.76. The molecule has 0 aromatic carbocycles. The van der Waals surface area contributed by atoms with Gasteiger partial charge in [-0.3, -0.25) is 4.79 Å². The molecular weight excluding hydrogens is 236 g/mol. The van der Waals surface area contributed by atoms with Crippen molar-refractivity contribution in [2.75, 3.05) is 6.54 Å². The number of amides is 1. The van der Waals surface area contributed by atoms with Crippen LogP contribution in [0.3, 0.4) is 0 Å². The molecule has 0 heterocycles. The van der Waals surface area contributed by atoms with Crippen LogP contribution in [-0.2, 0) is 4.79 Å². The third kappa shape index (κ3) is 3.42. The van der Waals surface area contributed by atoms with Gasteiger partial charge in [0.05, 0.1) is 0 Å². The Hall–Kier alpha value is -0.670. The number of nitrogens with one attached hydrogen (secondary N) is 1. The van der Waals surface area contributed by atoms with Crippen LogP contribution >= 0.6 is 0 Å². The van der Waals surface area contributed by atoms with E-state index >= 15 is 0 Å². The zero-order valence-corrected chi connectivity index (χ0v) is 11.1. The lowest BCUT2D eigenvalue weighted by Crippen LogP contribution is -2.41. The van der Waals surface area contributed by atoms with Crippen molar-refractivity contribution in [1.29, 1.82) is 0 Å². The lowest BCUT2D eigenvalue weighted by Gasteiger charge is -2.39. The standard InChI is InChI=1S/C14H23F2NO/c1-14(15,16)13(18)17-9-10-6-7-11-4-2-3-5-12(11)8-10/h10-12H,2-9H2,1H3,(H,17,18). The first-order valence-corrected chi connectivity index (χ1v) is 7.13. The molecule has 0 bridgehead atoms. The molecule has 2 aliphatic carbocycles. The van der Waals surface area contributed by atoms with Crippen LogP contribution in [0.2, 0.25) is 0 Å². The summed E-state index contributed by atoms with van der Waals surface area (Å²) >= 11 is 0. The second-order valence-electron chi connectivity index (χ2n) is 6.08. The van der Waals surface area contributed by atoms with E-state index in [-0.39, 0.29) is 0 Å².